The van der Waals surface area contributed by atoms with E-state index in [-0.39, 0.29) is 19.1 Å². The predicted molar refractivity (Wildman–Crippen MR) is 144 cm³/mol. The maximum Gasteiger partial charge on any atom is 0.326 e. The van der Waals surface area contributed by atoms with Crippen molar-refractivity contribution in [2.45, 2.75) is 97.1 Å². The summed E-state index contributed by atoms with van der Waals surface area (Å²) in [7, 11) is -3.66. The SMILES string of the molecule is CCCCOC(=O)C(C)(C)NP(=O)(CO[C@H](C)Cn1cnc2c(N)ccnc21)N[C@H](C)C(=O)OC1CCC1. The molecule has 38 heavy (non-hydrogen) atoms. The first-order valence-corrected chi connectivity index (χ1v) is 15.0. The van der Waals surface area contributed by atoms with Gasteiger partial charge in [-0.2, -0.15) is 0 Å². The number of nitrogens with one attached hydrogen (secondary N) is 2. The van der Waals surface area contributed by atoms with E-state index in [0.29, 0.717) is 23.4 Å². The molecular weight excluding hydrogens is 511 g/mol. The van der Waals surface area contributed by atoms with E-state index in [1.54, 1.807) is 43.9 Å². The number of hydrogen-bond donors (Lipinski definition) is 3. The Morgan fingerprint density at radius 2 is 2.03 bits per heavy atom. The molecule has 4 N–H and O–H groups in total. The lowest BCUT2D eigenvalue weighted by Gasteiger charge is -2.33. The predicted octanol–water partition coefficient (Wildman–Crippen LogP) is 3.35. The van der Waals surface area contributed by atoms with Crippen LogP contribution >= 0.6 is 7.44 Å². The van der Waals surface area contributed by atoms with E-state index in [9.17, 15) is 14.2 Å². The lowest BCUT2D eigenvalue weighted by molar-refractivity contribution is -0.154. The van der Waals surface area contributed by atoms with Crippen molar-refractivity contribution in [3.8, 4) is 0 Å². The van der Waals surface area contributed by atoms with E-state index in [4.69, 9.17) is 19.9 Å². The number of hydrogen-bond acceptors (Lipinski definition) is 9. The first-order chi connectivity index (χ1) is 17.9. The van der Waals surface area contributed by atoms with Gasteiger partial charge in [0, 0.05) is 6.20 Å². The van der Waals surface area contributed by atoms with Crippen LogP contribution < -0.4 is 15.9 Å². The van der Waals surface area contributed by atoms with Gasteiger partial charge < -0.3 is 24.5 Å². The van der Waals surface area contributed by atoms with Gasteiger partial charge in [0.1, 0.15) is 29.5 Å². The molecule has 3 rings (SSSR count). The molecule has 0 aromatic carbocycles. The van der Waals surface area contributed by atoms with Crippen LogP contribution in [0.2, 0.25) is 0 Å². The maximum atomic E-state index is 14.1. The van der Waals surface area contributed by atoms with Crippen molar-refractivity contribution >= 4 is 36.2 Å². The van der Waals surface area contributed by atoms with Gasteiger partial charge in [0.05, 0.1) is 31.3 Å². The summed E-state index contributed by atoms with van der Waals surface area (Å²) >= 11 is 0. The molecule has 1 fully saturated rings. The Kier molecular flexibility index (Phi) is 10.3. The first-order valence-electron chi connectivity index (χ1n) is 13.1. The summed E-state index contributed by atoms with van der Waals surface area (Å²) in [5.74, 6) is -1.04. The number of imidazole rings is 1. The van der Waals surface area contributed by atoms with Gasteiger partial charge in [-0.05, 0) is 59.4 Å². The van der Waals surface area contributed by atoms with Gasteiger partial charge in [-0.15, -0.1) is 0 Å². The van der Waals surface area contributed by atoms with Crippen LogP contribution in [-0.4, -0.2) is 63.2 Å². The summed E-state index contributed by atoms with van der Waals surface area (Å²) in [5.41, 5.74) is 6.40. The number of anilines is 1. The lowest BCUT2D eigenvalue weighted by Crippen LogP contribution is -2.50. The molecule has 0 saturated heterocycles. The quantitative estimate of drug-likeness (QED) is 0.169. The van der Waals surface area contributed by atoms with Crippen molar-refractivity contribution in [3.63, 3.8) is 0 Å². The van der Waals surface area contributed by atoms with Crippen LogP contribution in [0.4, 0.5) is 5.69 Å². The number of rotatable bonds is 15. The highest BCUT2D eigenvalue weighted by Gasteiger charge is 2.39. The Morgan fingerprint density at radius 1 is 1.29 bits per heavy atom. The van der Waals surface area contributed by atoms with Gasteiger partial charge in [-0.3, -0.25) is 14.2 Å². The summed E-state index contributed by atoms with van der Waals surface area (Å²) in [6.07, 6.45) is 6.71. The van der Waals surface area contributed by atoms with Crippen LogP contribution in [0.5, 0.6) is 0 Å². The van der Waals surface area contributed by atoms with E-state index < -0.39 is 37.1 Å². The zero-order valence-electron chi connectivity index (χ0n) is 22.9. The Balaban J connectivity index is 1.69. The third-order valence-corrected chi connectivity index (χ3v) is 8.56. The van der Waals surface area contributed by atoms with Gasteiger partial charge in [0.15, 0.2) is 5.65 Å². The molecule has 2 heterocycles. The highest BCUT2D eigenvalue weighted by Crippen LogP contribution is 2.40. The highest BCUT2D eigenvalue weighted by molar-refractivity contribution is 7.59. The summed E-state index contributed by atoms with van der Waals surface area (Å²) in [4.78, 5) is 34.0. The van der Waals surface area contributed by atoms with Gasteiger partial charge in [0.25, 0.3) is 0 Å². The molecule has 2 aromatic heterocycles. The summed E-state index contributed by atoms with van der Waals surface area (Å²) in [6.45, 7) is 9.21. The summed E-state index contributed by atoms with van der Waals surface area (Å²) < 4.78 is 32.7. The van der Waals surface area contributed by atoms with Gasteiger partial charge in [-0.1, -0.05) is 13.3 Å². The van der Waals surface area contributed by atoms with Crippen LogP contribution in [0, 0.1) is 0 Å². The van der Waals surface area contributed by atoms with E-state index in [0.717, 1.165) is 32.1 Å². The van der Waals surface area contributed by atoms with Crippen LogP contribution in [-0.2, 0) is 34.9 Å². The van der Waals surface area contributed by atoms with Crippen molar-refractivity contribution in [3.05, 3.63) is 18.6 Å². The van der Waals surface area contributed by atoms with E-state index in [2.05, 4.69) is 20.1 Å². The minimum absolute atomic E-state index is 0.104. The molecule has 0 bridgehead atoms. The van der Waals surface area contributed by atoms with Gasteiger partial charge >= 0.3 is 11.9 Å². The lowest BCUT2D eigenvalue weighted by atomic mass is 9.96. The van der Waals surface area contributed by atoms with Gasteiger partial charge in [-0.25, -0.2) is 20.1 Å². The van der Waals surface area contributed by atoms with Crippen molar-refractivity contribution in [1.82, 2.24) is 24.7 Å². The third-order valence-electron chi connectivity index (χ3n) is 6.32. The second kappa shape index (κ2) is 13.0. The Hall–Kier alpha value is -2.53. The molecule has 12 nitrogen and oxygen atoms in total. The van der Waals surface area contributed by atoms with Crippen LogP contribution in [0.15, 0.2) is 18.6 Å². The number of nitrogens with two attached hydrogens (primary N) is 1. The number of carbonyl (C=O) groups excluding carboxylic acids is 2. The molecule has 1 aliphatic rings. The first kappa shape index (κ1) is 30.0. The molecule has 3 atom stereocenters. The van der Waals surface area contributed by atoms with Crippen molar-refractivity contribution in [1.29, 1.82) is 0 Å². The fourth-order valence-electron chi connectivity index (χ4n) is 3.89. The van der Waals surface area contributed by atoms with Crippen molar-refractivity contribution < 1.29 is 28.4 Å². The van der Waals surface area contributed by atoms with Crippen molar-refractivity contribution in [2.24, 2.45) is 0 Å². The summed E-state index contributed by atoms with van der Waals surface area (Å²) in [5, 5.41) is 5.77. The molecule has 1 saturated carbocycles. The van der Waals surface area contributed by atoms with E-state index >= 15 is 0 Å². The molecule has 0 radical (unpaired) electrons. The number of aromatic nitrogens is 3. The Bertz CT molecular complexity index is 1150. The molecule has 0 spiro atoms. The highest BCUT2D eigenvalue weighted by atomic mass is 31.2. The second-order valence-electron chi connectivity index (χ2n) is 10.4. The number of carbonyl (C=O) groups is 2. The smallest absolute Gasteiger partial charge is 0.326 e. The molecule has 0 aliphatic heterocycles. The summed E-state index contributed by atoms with van der Waals surface area (Å²) in [6, 6.07) is 0.795. The molecule has 13 heteroatoms. The van der Waals surface area contributed by atoms with Crippen LogP contribution in [0.3, 0.4) is 0 Å². The van der Waals surface area contributed by atoms with Crippen LogP contribution in [0.1, 0.15) is 66.7 Å². The number of nitrogens with zero attached hydrogens (tertiary/aromatic N) is 3. The molecule has 1 unspecified atom stereocenters. The number of ether oxygens (including phenoxy) is 3. The molecule has 1 aliphatic carbocycles. The number of unbranched alkanes of at least 4 members (excludes halogenated alkanes) is 1. The van der Waals surface area contributed by atoms with Crippen LogP contribution in [0.25, 0.3) is 11.2 Å². The number of nitrogen functional groups attached to an aromatic ring is 1. The zero-order chi connectivity index (χ0) is 27.9. The zero-order valence-corrected chi connectivity index (χ0v) is 23.8. The van der Waals surface area contributed by atoms with E-state index in [1.165, 1.54) is 0 Å². The molecule has 0 amide bonds. The average molecular weight is 553 g/mol. The fourth-order valence-corrected chi connectivity index (χ4v) is 6.28. The number of pyridine rings is 1. The fraction of sp³-hybridized carbons (Fsp3) is 0.680. The topological polar surface area (TPSA) is 160 Å². The third kappa shape index (κ3) is 7.99. The Morgan fingerprint density at radius 3 is 2.68 bits per heavy atom. The monoisotopic (exact) mass is 552 g/mol. The van der Waals surface area contributed by atoms with E-state index in [1.807, 2.05) is 13.8 Å². The standard InChI is InChI=1S/C25H41N6O6P/c1-6-7-13-35-24(33)25(4,5)30-38(34,29-18(3)23(32)37-19-9-8-10-19)16-36-17(2)14-31-15-28-21-20(26)11-12-27-22(21)31/h11-12,15,17-19H,6-10,13-14,16H2,1-5H3,(H2,26,27)(H2,29,30,34)/t17-,18-,38?/m1/s1. The molecule has 212 valence electrons. The average Bonchev–Trinajstić information content (AvgIpc) is 3.23. The number of fused-ring (bicyclic) bond motifs is 1. The van der Waals surface area contributed by atoms with Gasteiger partial charge in [0.2, 0.25) is 7.44 Å². The number of esters is 2. The second-order valence-corrected chi connectivity index (χ2v) is 12.6. The maximum absolute atomic E-state index is 14.1. The molecule has 2 aromatic rings. The molecular formula is C25H41N6O6P. The minimum atomic E-state index is -3.66. The minimum Gasteiger partial charge on any atom is -0.464 e. The normalized spacial score (nSPS) is 17.4. The Labute approximate surface area is 223 Å². The largest absolute Gasteiger partial charge is 0.464 e. The van der Waals surface area contributed by atoms with Crippen molar-refractivity contribution in [2.75, 3.05) is 18.7 Å².